The molecule has 0 radical (unpaired) electrons. The molecule has 1 unspecified atom stereocenters. The predicted molar refractivity (Wildman–Crippen MR) is 67.7 cm³/mol. The van der Waals surface area contributed by atoms with Gasteiger partial charge in [0.15, 0.2) is 0 Å². The van der Waals surface area contributed by atoms with Gasteiger partial charge in [0.05, 0.1) is 5.41 Å². The zero-order valence-electron chi connectivity index (χ0n) is 11.3. The van der Waals surface area contributed by atoms with E-state index in [2.05, 4.69) is 5.32 Å². The summed E-state index contributed by atoms with van der Waals surface area (Å²) in [5.74, 6) is 0.564. The predicted octanol–water partition coefficient (Wildman–Crippen LogP) is 2.50. The fourth-order valence-electron chi connectivity index (χ4n) is 3.26. The highest BCUT2D eigenvalue weighted by Gasteiger charge is 2.50. The molecule has 2 fully saturated rings. The molecule has 1 aliphatic carbocycles. The zero-order chi connectivity index (χ0) is 12.5. The Bertz CT molecular complexity index is 281. The van der Waals surface area contributed by atoms with E-state index in [9.17, 15) is 4.79 Å². The second kappa shape index (κ2) is 4.60. The standard InChI is InChI=1S/C14H25NO2/c1-13(2,3)17-12(16)14(8-9-15-10-14)11-6-4-5-7-11/h11,15H,4-10H2,1-3H3. The van der Waals surface area contributed by atoms with Gasteiger partial charge in [-0.2, -0.15) is 0 Å². The van der Waals surface area contributed by atoms with Crippen molar-refractivity contribution in [2.75, 3.05) is 13.1 Å². The summed E-state index contributed by atoms with van der Waals surface area (Å²) in [6.07, 6.45) is 5.89. The average molecular weight is 239 g/mol. The van der Waals surface area contributed by atoms with Crippen LogP contribution >= 0.6 is 0 Å². The van der Waals surface area contributed by atoms with Gasteiger partial charge < -0.3 is 10.1 Å². The van der Waals surface area contributed by atoms with Crippen molar-refractivity contribution in [3.63, 3.8) is 0 Å². The first-order chi connectivity index (χ1) is 7.94. The van der Waals surface area contributed by atoms with Crippen molar-refractivity contribution in [1.82, 2.24) is 5.32 Å². The van der Waals surface area contributed by atoms with E-state index >= 15 is 0 Å². The Balaban J connectivity index is 2.13. The Kier molecular flexibility index (Phi) is 3.48. The molecule has 2 aliphatic rings. The van der Waals surface area contributed by atoms with E-state index in [1.807, 2.05) is 20.8 Å². The summed E-state index contributed by atoms with van der Waals surface area (Å²) in [6, 6.07) is 0. The molecule has 17 heavy (non-hydrogen) atoms. The van der Waals surface area contributed by atoms with Gasteiger partial charge in [0.25, 0.3) is 0 Å². The van der Waals surface area contributed by atoms with Gasteiger partial charge in [-0.15, -0.1) is 0 Å². The molecule has 3 heteroatoms. The fourth-order valence-corrected chi connectivity index (χ4v) is 3.26. The van der Waals surface area contributed by atoms with Crippen LogP contribution in [-0.4, -0.2) is 24.7 Å². The van der Waals surface area contributed by atoms with E-state index in [0.717, 1.165) is 19.5 Å². The topological polar surface area (TPSA) is 38.3 Å². The zero-order valence-corrected chi connectivity index (χ0v) is 11.3. The maximum Gasteiger partial charge on any atom is 0.314 e. The van der Waals surface area contributed by atoms with Gasteiger partial charge in [-0.1, -0.05) is 12.8 Å². The Hall–Kier alpha value is -0.570. The molecule has 0 aromatic rings. The van der Waals surface area contributed by atoms with Gasteiger partial charge >= 0.3 is 5.97 Å². The Morgan fingerprint density at radius 3 is 2.41 bits per heavy atom. The Morgan fingerprint density at radius 2 is 1.94 bits per heavy atom. The molecule has 0 amide bonds. The smallest absolute Gasteiger partial charge is 0.314 e. The van der Waals surface area contributed by atoms with Crippen LogP contribution in [0, 0.1) is 11.3 Å². The van der Waals surface area contributed by atoms with Crippen molar-refractivity contribution in [3.05, 3.63) is 0 Å². The summed E-state index contributed by atoms with van der Waals surface area (Å²) in [5.41, 5.74) is -0.602. The van der Waals surface area contributed by atoms with Crippen LogP contribution in [0.3, 0.4) is 0 Å². The summed E-state index contributed by atoms with van der Waals surface area (Å²) >= 11 is 0. The van der Waals surface area contributed by atoms with Crippen LogP contribution in [0.5, 0.6) is 0 Å². The van der Waals surface area contributed by atoms with Crippen LogP contribution < -0.4 is 5.32 Å². The lowest BCUT2D eigenvalue weighted by Gasteiger charge is -2.35. The number of esters is 1. The molecule has 1 heterocycles. The quantitative estimate of drug-likeness (QED) is 0.752. The van der Waals surface area contributed by atoms with E-state index in [1.54, 1.807) is 0 Å². The SMILES string of the molecule is CC(C)(C)OC(=O)C1(C2CCCC2)CCNC1. The van der Waals surface area contributed by atoms with Crippen molar-refractivity contribution in [3.8, 4) is 0 Å². The van der Waals surface area contributed by atoms with E-state index in [0.29, 0.717) is 5.92 Å². The third kappa shape index (κ3) is 2.65. The number of ether oxygens (including phenoxy) is 1. The highest BCUT2D eigenvalue weighted by Crippen LogP contribution is 2.45. The number of hydrogen-bond donors (Lipinski definition) is 1. The molecular formula is C14H25NO2. The van der Waals surface area contributed by atoms with Crippen LogP contribution in [0.2, 0.25) is 0 Å². The third-order valence-corrected chi connectivity index (χ3v) is 4.13. The van der Waals surface area contributed by atoms with Gasteiger partial charge in [0, 0.05) is 6.54 Å². The fraction of sp³-hybridized carbons (Fsp3) is 0.929. The number of nitrogens with one attached hydrogen (secondary N) is 1. The van der Waals surface area contributed by atoms with Crippen LogP contribution in [0.15, 0.2) is 0 Å². The van der Waals surface area contributed by atoms with Gasteiger partial charge in [-0.25, -0.2) is 0 Å². The monoisotopic (exact) mass is 239 g/mol. The lowest BCUT2D eigenvalue weighted by Crippen LogP contribution is -2.44. The Labute approximate surface area is 104 Å². The minimum Gasteiger partial charge on any atom is -0.459 e. The molecule has 0 aromatic carbocycles. The second-order valence-corrected chi connectivity index (χ2v) is 6.57. The first-order valence-corrected chi connectivity index (χ1v) is 6.88. The van der Waals surface area contributed by atoms with E-state index in [-0.39, 0.29) is 17.0 Å². The van der Waals surface area contributed by atoms with Crippen molar-refractivity contribution >= 4 is 5.97 Å². The highest BCUT2D eigenvalue weighted by molar-refractivity contribution is 5.78. The summed E-state index contributed by atoms with van der Waals surface area (Å²) in [5, 5.41) is 3.36. The van der Waals surface area contributed by atoms with E-state index in [1.165, 1.54) is 25.7 Å². The second-order valence-electron chi connectivity index (χ2n) is 6.57. The molecule has 0 aromatic heterocycles. The van der Waals surface area contributed by atoms with Crippen LogP contribution in [-0.2, 0) is 9.53 Å². The Morgan fingerprint density at radius 1 is 1.29 bits per heavy atom. The molecule has 1 saturated carbocycles. The minimum absolute atomic E-state index is 0.0295. The number of hydrogen-bond acceptors (Lipinski definition) is 3. The number of rotatable bonds is 2. The summed E-state index contributed by atoms with van der Waals surface area (Å²) in [6.45, 7) is 7.63. The molecule has 1 saturated heterocycles. The third-order valence-electron chi connectivity index (χ3n) is 4.13. The van der Waals surface area contributed by atoms with Gasteiger partial charge in [-0.05, 0) is 52.5 Å². The van der Waals surface area contributed by atoms with Crippen molar-refractivity contribution < 1.29 is 9.53 Å². The number of carbonyl (C=O) groups is 1. The van der Waals surface area contributed by atoms with Gasteiger partial charge in [-0.3, -0.25) is 4.79 Å². The van der Waals surface area contributed by atoms with Gasteiger partial charge in [0.1, 0.15) is 5.60 Å². The maximum absolute atomic E-state index is 12.5. The highest BCUT2D eigenvalue weighted by atomic mass is 16.6. The van der Waals surface area contributed by atoms with E-state index < -0.39 is 0 Å². The minimum atomic E-state index is -0.370. The number of carbonyl (C=O) groups excluding carboxylic acids is 1. The summed E-state index contributed by atoms with van der Waals surface area (Å²) in [4.78, 5) is 12.5. The van der Waals surface area contributed by atoms with Crippen molar-refractivity contribution in [1.29, 1.82) is 0 Å². The lowest BCUT2D eigenvalue weighted by atomic mass is 9.73. The first-order valence-electron chi connectivity index (χ1n) is 6.88. The van der Waals surface area contributed by atoms with E-state index in [4.69, 9.17) is 4.74 Å². The summed E-state index contributed by atoms with van der Waals surface area (Å²) < 4.78 is 5.66. The van der Waals surface area contributed by atoms with Crippen molar-refractivity contribution in [2.45, 2.75) is 58.5 Å². The van der Waals surface area contributed by atoms with Crippen molar-refractivity contribution in [2.24, 2.45) is 11.3 Å². The normalized spacial score (nSPS) is 30.8. The van der Waals surface area contributed by atoms with Crippen LogP contribution in [0.25, 0.3) is 0 Å². The van der Waals surface area contributed by atoms with Crippen LogP contribution in [0.4, 0.5) is 0 Å². The molecule has 1 aliphatic heterocycles. The molecule has 0 bridgehead atoms. The molecule has 3 nitrogen and oxygen atoms in total. The molecule has 1 N–H and O–H groups in total. The summed E-state index contributed by atoms with van der Waals surface area (Å²) in [7, 11) is 0. The molecule has 0 spiro atoms. The lowest BCUT2D eigenvalue weighted by molar-refractivity contribution is -0.170. The average Bonchev–Trinajstić information content (AvgIpc) is 2.87. The molecular weight excluding hydrogens is 214 g/mol. The van der Waals surface area contributed by atoms with Gasteiger partial charge in [0.2, 0.25) is 0 Å². The first kappa shape index (κ1) is 12.9. The maximum atomic E-state index is 12.5. The largest absolute Gasteiger partial charge is 0.459 e. The molecule has 1 atom stereocenters. The van der Waals surface area contributed by atoms with Crippen LogP contribution in [0.1, 0.15) is 52.9 Å². The molecule has 2 rings (SSSR count). The molecule has 98 valence electrons.